The van der Waals surface area contributed by atoms with Gasteiger partial charge in [0.25, 0.3) is 5.91 Å². The quantitative estimate of drug-likeness (QED) is 0.251. The molecule has 1 fully saturated rings. The highest BCUT2D eigenvalue weighted by Crippen LogP contribution is 2.35. The minimum absolute atomic E-state index is 0.0311. The predicted octanol–water partition coefficient (Wildman–Crippen LogP) is 3.51. The molecule has 41 heavy (non-hydrogen) atoms. The molecule has 0 unspecified atom stereocenters. The lowest BCUT2D eigenvalue weighted by Crippen LogP contribution is -2.31. The predicted molar refractivity (Wildman–Crippen MR) is 146 cm³/mol. The van der Waals surface area contributed by atoms with Crippen LogP contribution in [-0.4, -0.2) is 64.9 Å². The molecule has 1 saturated heterocycles. The van der Waals surface area contributed by atoms with Crippen LogP contribution in [0.25, 0.3) is 33.0 Å². The van der Waals surface area contributed by atoms with E-state index in [0.29, 0.717) is 39.4 Å². The van der Waals surface area contributed by atoms with Gasteiger partial charge >= 0.3 is 6.03 Å². The number of carbonyl (C=O) groups is 2. The van der Waals surface area contributed by atoms with Crippen LogP contribution in [0.1, 0.15) is 17.0 Å². The number of amides is 3. The molecule has 0 atom stereocenters. The molecule has 2 aromatic carbocycles. The fourth-order valence-electron chi connectivity index (χ4n) is 4.78. The molecule has 0 saturated carbocycles. The molecule has 1 aliphatic rings. The van der Waals surface area contributed by atoms with Crippen LogP contribution in [-0.2, 0) is 17.8 Å². The molecule has 1 aliphatic heterocycles. The SMILES string of the molecule is [C-]#[N+]c1cccc(-c2nc(N)n3nc(Cc4c(F)cccc4CN4C(=O)CN(C)C4=O)nc3c2-c2ccncn2)c1. The van der Waals surface area contributed by atoms with E-state index in [1.165, 1.54) is 34.9 Å². The lowest BCUT2D eigenvalue weighted by molar-refractivity contribution is -0.125. The molecule has 202 valence electrons. The molecule has 3 amide bonds. The van der Waals surface area contributed by atoms with Crippen molar-refractivity contribution in [2.24, 2.45) is 0 Å². The number of aromatic nitrogens is 6. The Morgan fingerprint density at radius 3 is 2.68 bits per heavy atom. The van der Waals surface area contributed by atoms with E-state index in [1.54, 1.807) is 42.6 Å². The maximum absolute atomic E-state index is 15.2. The molecule has 13 heteroatoms. The van der Waals surface area contributed by atoms with Crippen molar-refractivity contribution in [1.29, 1.82) is 0 Å². The first-order valence-electron chi connectivity index (χ1n) is 12.4. The van der Waals surface area contributed by atoms with Gasteiger partial charge in [-0.15, -0.1) is 5.10 Å². The van der Waals surface area contributed by atoms with E-state index in [1.807, 2.05) is 0 Å². The number of benzene rings is 2. The van der Waals surface area contributed by atoms with Gasteiger partial charge in [0.1, 0.15) is 18.7 Å². The largest absolute Gasteiger partial charge is 0.368 e. The van der Waals surface area contributed by atoms with E-state index < -0.39 is 11.8 Å². The number of nitrogens with two attached hydrogens (primary N) is 1. The third-order valence-electron chi connectivity index (χ3n) is 6.75. The Bertz CT molecular complexity index is 1880. The molecule has 12 nitrogen and oxygen atoms in total. The van der Waals surface area contributed by atoms with Crippen molar-refractivity contribution < 1.29 is 14.0 Å². The molecule has 0 spiro atoms. The standard InChI is InChI=1S/C28H21FN10O2/c1-31-18-7-3-5-16(11-18)25-24(21-9-10-32-15-33-21)26-34-22(36-39(26)27(30)35-25)12-19-17(6-4-8-20(19)29)13-38-23(40)14-37(2)28(38)41/h3-11,15H,12-14H2,2H3,(H2,30,35). The minimum atomic E-state index is -0.521. The zero-order valence-corrected chi connectivity index (χ0v) is 21.7. The van der Waals surface area contributed by atoms with Gasteiger partial charge in [-0.1, -0.05) is 30.3 Å². The van der Waals surface area contributed by atoms with Crippen LogP contribution in [0.5, 0.6) is 0 Å². The third kappa shape index (κ3) is 4.57. The summed E-state index contributed by atoms with van der Waals surface area (Å²) in [5, 5.41) is 4.52. The van der Waals surface area contributed by atoms with E-state index >= 15 is 4.39 Å². The van der Waals surface area contributed by atoms with Gasteiger partial charge in [-0.2, -0.15) is 4.52 Å². The van der Waals surface area contributed by atoms with Crippen LogP contribution in [0.15, 0.2) is 61.1 Å². The van der Waals surface area contributed by atoms with Gasteiger partial charge in [0.15, 0.2) is 17.2 Å². The van der Waals surface area contributed by atoms with E-state index in [2.05, 4.69) is 24.9 Å². The maximum atomic E-state index is 15.2. The second kappa shape index (κ2) is 10.1. The first-order chi connectivity index (χ1) is 19.8. The number of hydrogen-bond donors (Lipinski definition) is 1. The third-order valence-corrected chi connectivity index (χ3v) is 6.75. The molecule has 4 heterocycles. The maximum Gasteiger partial charge on any atom is 0.327 e. The average Bonchev–Trinajstić information content (AvgIpc) is 3.51. The van der Waals surface area contributed by atoms with Gasteiger partial charge in [0, 0.05) is 25.2 Å². The van der Waals surface area contributed by atoms with Crippen molar-refractivity contribution in [1.82, 2.24) is 39.3 Å². The normalized spacial score (nSPS) is 13.3. The number of carbonyl (C=O) groups excluding carboxylic acids is 2. The van der Waals surface area contributed by atoms with Crippen LogP contribution in [0.4, 0.5) is 20.8 Å². The highest BCUT2D eigenvalue weighted by molar-refractivity contribution is 6.01. The van der Waals surface area contributed by atoms with E-state index in [4.69, 9.17) is 17.3 Å². The summed E-state index contributed by atoms with van der Waals surface area (Å²) < 4.78 is 16.5. The summed E-state index contributed by atoms with van der Waals surface area (Å²) in [4.78, 5) is 48.4. The van der Waals surface area contributed by atoms with Crippen LogP contribution in [0.3, 0.4) is 0 Å². The lowest BCUT2D eigenvalue weighted by Gasteiger charge is -2.16. The summed E-state index contributed by atoms with van der Waals surface area (Å²) >= 11 is 0. The first kappa shape index (κ1) is 25.5. The van der Waals surface area contributed by atoms with E-state index in [0.717, 1.165) is 4.90 Å². The van der Waals surface area contributed by atoms with Crippen LogP contribution < -0.4 is 5.73 Å². The van der Waals surface area contributed by atoms with Gasteiger partial charge in [-0.3, -0.25) is 9.69 Å². The van der Waals surface area contributed by atoms with Crippen molar-refractivity contribution in [2.45, 2.75) is 13.0 Å². The summed E-state index contributed by atoms with van der Waals surface area (Å²) in [7, 11) is 1.53. The molecule has 5 aromatic rings. The topological polar surface area (TPSA) is 140 Å². The number of likely N-dealkylation sites (N-methyl/N-ethyl adjacent to an activating group) is 1. The summed E-state index contributed by atoms with van der Waals surface area (Å²) in [6.45, 7) is 7.29. The highest BCUT2D eigenvalue weighted by Gasteiger charge is 2.34. The highest BCUT2D eigenvalue weighted by atomic mass is 19.1. The molecule has 0 bridgehead atoms. The van der Waals surface area contributed by atoms with Crippen molar-refractivity contribution in [3.63, 3.8) is 0 Å². The van der Waals surface area contributed by atoms with Crippen molar-refractivity contribution in [2.75, 3.05) is 19.3 Å². The summed E-state index contributed by atoms with van der Waals surface area (Å²) in [6, 6.07) is 12.7. The fourth-order valence-corrected chi connectivity index (χ4v) is 4.78. The van der Waals surface area contributed by atoms with Crippen LogP contribution in [0, 0.1) is 12.4 Å². The zero-order valence-electron chi connectivity index (χ0n) is 21.7. The number of imide groups is 1. The molecular weight excluding hydrogens is 527 g/mol. The Hall–Kier alpha value is -5.77. The molecular formula is C28H21FN10O2. The van der Waals surface area contributed by atoms with Crippen molar-refractivity contribution in [3.05, 3.63) is 95.2 Å². The minimum Gasteiger partial charge on any atom is -0.368 e. The molecule has 3 aromatic heterocycles. The van der Waals surface area contributed by atoms with Crippen molar-refractivity contribution in [3.8, 4) is 22.5 Å². The van der Waals surface area contributed by atoms with E-state index in [-0.39, 0.29) is 42.8 Å². The van der Waals surface area contributed by atoms with Gasteiger partial charge in [0.2, 0.25) is 5.95 Å². The van der Waals surface area contributed by atoms with Crippen LogP contribution >= 0.6 is 0 Å². The van der Waals surface area contributed by atoms with Crippen LogP contribution in [0.2, 0.25) is 0 Å². The number of nitrogen functional groups attached to an aromatic ring is 1. The average molecular weight is 549 g/mol. The number of nitrogens with zero attached hydrogens (tertiary/aromatic N) is 9. The Balaban J connectivity index is 1.47. The first-order valence-corrected chi connectivity index (χ1v) is 12.4. The van der Waals surface area contributed by atoms with Crippen molar-refractivity contribution >= 4 is 29.2 Å². The zero-order chi connectivity index (χ0) is 28.7. The number of rotatable bonds is 6. The Morgan fingerprint density at radius 1 is 1.12 bits per heavy atom. The smallest absolute Gasteiger partial charge is 0.327 e. The summed E-state index contributed by atoms with van der Waals surface area (Å²) in [6.07, 6.45) is 2.93. The Kier molecular flexibility index (Phi) is 6.27. The van der Waals surface area contributed by atoms with E-state index in [9.17, 15) is 9.59 Å². The molecule has 0 aliphatic carbocycles. The monoisotopic (exact) mass is 548 g/mol. The molecule has 2 N–H and O–H groups in total. The molecule has 6 rings (SSSR count). The lowest BCUT2D eigenvalue weighted by atomic mass is 10.0. The summed E-state index contributed by atoms with van der Waals surface area (Å²) in [5.41, 5.74) is 9.87. The van der Waals surface area contributed by atoms with Gasteiger partial charge < -0.3 is 10.6 Å². The molecule has 0 radical (unpaired) electrons. The fraction of sp³-hybridized carbons (Fsp3) is 0.143. The summed E-state index contributed by atoms with van der Waals surface area (Å²) in [5.74, 6) is -0.609. The Morgan fingerprint density at radius 2 is 1.95 bits per heavy atom. The second-order valence-electron chi connectivity index (χ2n) is 9.39. The second-order valence-corrected chi connectivity index (χ2v) is 9.39. The van der Waals surface area contributed by atoms with Gasteiger partial charge in [-0.05, 0) is 29.3 Å². The number of fused-ring (bicyclic) bond motifs is 1. The number of halogens is 1. The number of hydrogen-bond acceptors (Lipinski definition) is 8. The number of anilines is 1. The number of urea groups is 1. The Labute approximate surface area is 232 Å². The van der Waals surface area contributed by atoms with Gasteiger partial charge in [-0.25, -0.2) is 34.0 Å². The van der Waals surface area contributed by atoms with Gasteiger partial charge in [0.05, 0.1) is 30.1 Å².